The topological polar surface area (TPSA) is 49.6 Å². The lowest BCUT2D eigenvalue weighted by atomic mass is 9.65. The lowest BCUT2D eigenvalue weighted by molar-refractivity contribution is -0.137. The van der Waals surface area contributed by atoms with Crippen molar-refractivity contribution in [3.05, 3.63) is 70.8 Å². The molecule has 30 heavy (non-hydrogen) atoms. The number of halogens is 3. The summed E-state index contributed by atoms with van der Waals surface area (Å²) in [6.07, 6.45) is -1.92. The van der Waals surface area contributed by atoms with Gasteiger partial charge in [-0.3, -0.25) is 0 Å². The Labute approximate surface area is 174 Å². The Bertz CT molecular complexity index is 928. The Kier molecular flexibility index (Phi) is 5.26. The maximum absolute atomic E-state index is 13.2. The first-order chi connectivity index (χ1) is 14.2. The zero-order valence-electron chi connectivity index (χ0n) is 17.0. The third kappa shape index (κ3) is 3.35. The average Bonchev–Trinajstić information content (AvgIpc) is 2.72. The first-order valence-corrected chi connectivity index (χ1v) is 10.3. The third-order valence-corrected chi connectivity index (χ3v) is 6.59. The van der Waals surface area contributed by atoms with Crippen molar-refractivity contribution in [2.75, 3.05) is 26.7 Å². The van der Waals surface area contributed by atoms with E-state index >= 15 is 0 Å². The molecular weight excluding hydrogens is 391 g/mol. The maximum Gasteiger partial charge on any atom is 0.416 e. The van der Waals surface area contributed by atoms with Crippen LogP contribution in [0.3, 0.4) is 0 Å². The molecule has 2 heterocycles. The molecule has 0 aromatic heterocycles. The van der Waals surface area contributed by atoms with E-state index in [2.05, 4.69) is 4.90 Å². The number of nitrogens with two attached hydrogens (primary N) is 1. The molecule has 2 aromatic carbocycles. The molecule has 0 radical (unpaired) electrons. The van der Waals surface area contributed by atoms with Gasteiger partial charge in [-0.05, 0) is 61.7 Å². The second-order valence-electron chi connectivity index (χ2n) is 8.34. The highest BCUT2D eigenvalue weighted by Gasteiger charge is 2.52. The predicted molar refractivity (Wildman–Crippen MR) is 109 cm³/mol. The fraction of sp³-hybridized carbons (Fsp3) is 0.435. The monoisotopic (exact) mass is 417 g/mol. The molecule has 1 saturated heterocycles. The summed E-state index contributed by atoms with van der Waals surface area (Å²) in [5, 5.41) is 0. The van der Waals surface area contributed by atoms with Crippen LogP contribution in [-0.4, -0.2) is 42.5 Å². The number of carbonyl (C=O) groups excluding carboxylic acids is 1. The Hall–Kier alpha value is -2.54. The minimum absolute atomic E-state index is 0.0157. The molecule has 2 aromatic rings. The number of primary amides is 1. The van der Waals surface area contributed by atoms with E-state index in [-0.39, 0.29) is 5.92 Å². The van der Waals surface area contributed by atoms with Crippen LogP contribution >= 0.6 is 0 Å². The van der Waals surface area contributed by atoms with Gasteiger partial charge in [0.2, 0.25) is 0 Å². The number of likely N-dealkylation sites (tertiary alicyclic amines) is 1. The lowest BCUT2D eigenvalue weighted by Crippen LogP contribution is -2.61. The van der Waals surface area contributed by atoms with Gasteiger partial charge in [-0.25, -0.2) is 4.79 Å². The van der Waals surface area contributed by atoms with Gasteiger partial charge >= 0.3 is 12.2 Å². The zero-order chi connectivity index (χ0) is 21.5. The van der Waals surface area contributed by atoms with E-state index in [4.69, 9.17) is 5.73 Å². The van der Waals surface area contributed by atoms with Crippen LogP contribution in [-0.2, 0) is 18.1 Å². The maximum atomic E-state index is 13.2. The van der Waals surface area contributed by atoms with Crippen molar-refractivity contribution in [1.82, 2.24) is 9.80 Å². The summed E-state index contributed by atoms with van der Waals surface area (Å²) in [4.78, 5) is 16.6. The van der Waals surface area contributed by atoms with Crippen LogP contribution in [0.25, 0.3) is 0 Å². The highest BCUT2D eigenvalue weighted by Crippen LogP contribution is 2.49. The van der Waals surface area contributed by atoms with Gasteiger partial charge in [0, 0.05) is 19.0 Å². The van der Waals surface area contributed by atoms with Crippen molar-refractivity contribution in [2.24, 2.45) is 11.7 Å². The van der Waals surface area contributed by atoms with Gasteiger partial charge in [0.1, 0.15) is 0 Å². The van der Waals surface area contributed by atoms with E-state index in [0.29, 0.717) is 18.5 Å². The van der Waals surface area contributed by atoms with E-state index in [0.717, 1.165) is 49.2 Å². The van der Waals surface area contributed by atoms with Crippen LogP contribution in [0.4, 0.5) is 18.0 Å². The number of nitrogens with zero attached hydrogens (tertiary/aromatic N) is 2. The largest absolute Gasteiger partial charge is 0.416 e. The quantitative estimate of drug-likeness (QED) is 0.795. The molecule has 2 atom stereocenters. The lowest BCUT2D eigenvalue weighted by Gasteiger charge is -2.54. The number of hydrogen-bond donors (Lipinski definition) is 1. The molecule has 0 saturated carbocycles. The molecule has 0 spiro atoms. The highest BCUT2D eigenvalue weighted by atomic mass is 19.4. The first-order valence-electron chi connectivity index (χ1n) is 10.3. The normalized spacial score (nSPS) is 25.1. The summed E-state index contributed by atoms with van der Waals surface area (Å²) in [6.45, 7) is 2.13. The summed E-state index contributed by atoms with van der Waals surface area (Å²) in [5.74, 6) is 0.0157. The summed E-state index contributed by atoms with van der Waals surface area (Å²) >= 11 is 0. The number of amides is 2. The molecule has 4 rings (SSSR count). The van der Waals surface area contributed by atoms with Crippen LogP contribution in [0.2, 0.25) is 0 Å². The number of urea groups is 1. The molecule has 0 aliphatic carbocycles. The average molecular weight is 417 g/mol. The molecular formula is C23H26F3N3O. The SMILES string of the molecule is CN1CCC[C@@H](C2(c3ccc(C(F)(F)F)cc3)c3ccccc3CCN2C(N)=O)C1. The van der Waals surface area contributed by atoms with Gasteiger partial charge < -0.3 is 15.5 Å². The van der Waals surface area contributed by atoms with Crippen LogP contribution in [0.1, 0.15) is 35.1 Å². The van der Waals surface area contributed by atoms with Crippen molar-refractivity contribution < 1.29 is 18.0 Å². The molecule has 7 heteroatoms. The Morgan fingerprint density at radius 3 is 2.43 bits per heavy atom. The van der Waals surface area contributed by atoms with Crippen LogP contribution < -0.4 is 5.73 Å². The summed E-state index contributed by atoms with van der Waals surface area (Å²) in [7, 11) is 2.04. The second kappa shape index (κ2) is 7.61. The molecule has 2 aliphatic rings. The summed E-state index contributed by atoms with van der Waals surface area (Å²) in [6, 6.07) is 12.6. The number of hydrogen-bond acceptors (Lipinski definition) is 2. The Balaban J connectivity index is 1.97. The van der Waals surface area contributed by atoms with E-state index in [1.165, 1.54) is 12.1 Å². The van der Waals surface area contributed by atoms with Crippen molar-refractivity contribution in [3.8, 4) is 0 Å². The standard InChI is InChI=1S/C23H26F3N3O/c1-28-13-4-6-19(15-28)22(17-8-10-18(11-9-17)23(24,25)26)20-7-3-2-5-16(20)12-14-29(22)21(27)30/h2-3,5,7-11,19H,4,6,12-15H2,1H3,(H2,27,30)/t19-,22?/m1/s1. The van der Waals surface area contributed by atoms with E-state index in [1.807, 2.05) is 31.3 Å². The van der Waals surface area contributed by atoms with Crippen molar-refractivity contribution >= 4 is 6.03 Å². The van der Waals surface area contributed by atoms with Crippen molar-refractivity contribution in [1.29, 1.82) is 0 Å². The van der Waals surface area contributed by atoms with Crippen molar-refractivity contribution in [3.63, 3.8) is 0 Å². The zero-order valence-corrected chi connectivity index (χ0v) is 17.0. The molecule has 2 N–H and O–H groups in total. The molecule has 2 amide bonds. The Morgan fingerprint density at radius 1 is 1.10 bits per heavy atom. The molecule has 1 fully saturated rings. The fourth-order valence-electron chi connectivity index (χ4n) is 5.36. The van der Waals surface area contributed by atoms with Gasteiger partial charge in [0.05, 0.1) is 11.1 Å². The minimum atomic E-state index is -4.41. The number of piperidine rings is 1. The fourth-order valence-corrected chi connectivity index (χ4v) is 5.36. The van der Waals surface area contributed by atoms with Gasteiger partial charge in [-0.15, -0.1) is 0 Å². The second-order valence-corrected chi connectivity index (χ2v) is 8.34. The molecule has 1 unspecified atom stereocenters. The predicted octanol–water partition coefficient (Wildman–Crippen LogP) is 4.23. The van der Waals surface area contributed by atoms with Gasteiger partial charge in [-0.2, -0.15) is 13.2 Å². The first kappa shape index (κ1) is 20.7. The van der Waals surface area contributed by atoms with E-state index in [1.54, 1.807) is 4.90 Å². The van der Waals surface area contributed by atoms with Crippen LogP contribution in [0.5, 0.6) is 0 Å². The number of fused-ring (bicyclic) bond motifs is 1. The van der Waals surface area contributed by atoms with Gasteiger partial charge in [0.25, 0.3) is 0 Å². The minimum Gasteiger partial charge on any atom is -0.351 e. The number of carbonyl (C=O) groups is 1. The molecule has 160 valence electrons. The molecule has 0 bridgehead atoms. The summed E-state index contributed by atoms with van der Waals surface area (Å²) < 4.78 is 39.6. The van der Waals surface area contributed by atoms with E-state index in [9.17, 15) is 18.0 Å². The van der Waals surface area contributed by atoms with Gasteiger partial charge in [0.15, 0.2) is 0 Å². The van der Waals surface area contributed by atoms with Crippen LogP contribution in [0.15, 0.2) is 48.5 Å². The number of benzene rings is 2. The third-order valence-electron chi connectivity index (χ3n) is 6.59. The van der Waals surface area contributed by atoms with E-state index < -0.39 is 23.3 Å². The number of alkyl halides is 3. The Morgan fingerprint density at radius 2 is 1.80 bits per heavy atom. The number of rotatable bonds is 2. The van der Waals surface area contributed by atoms with Crippen molar-refractivity contribution in [2.45, 2.75) is 31.0 Å². The van der Waals surface area contributed by atoms with Gasteiger partial charge in [-0.1, -0.05) is 36.4 Å². The molecule has 2 aliphatic heterocycles. The molecule has 4 nitrogen and oxygen atoms in total. The summed E-state index contributed by atoms with van der Waals surface area (Å²) in [5.41, 5.74) is 7.05. The highest BCUT2D eigenvalue weighted by molar-refractivity contribution is 5.75. The smallest absolute Gasteiger partial charge is 0.351 e. The van der Waals surface area contributed by atoms with Crippen LogP contribution in [0, 0.1) is 5.92 Å².